The maximum Gasteiger partial charge on any atom is 0.227 e. The molecule has 1 saturated heterocycles. The van der Waals surface area contributed by atoms with Crippen LogP contribution in [0.15, 0.2) is 9.90 Å². The highest BCUT2D eigenvalue weighted by atomic mass is 32.1. The highest BCUT2D eigenvalue weighted by Crippen LogP contribution is 2.29. The van der Waals surface area contributed by atoms with Crippen LogP contribution >= 0.6 is 11.3 Å². The number of rotatable bonds is 6. The number of aromatic nitrogens is 3. The van der Waals surface area contributed by atoms with Crippen LogP contribution in [-0.2, 0) is 17.6 Å². The van der Waals surface area contributed by atoms with E-state index in [9.17, 15) is 4.79 Å². The van der Waals surface area contributed by atoms with E-state index >= 15 is 0 Å². The lowest BCUT2D eigenvalue weighted by Crippen LogP contribution is -2.39. The Morgan fingerprint density at radius 2 is 2.29 bits per heavy atom. The fourth-order valence-corrected chi connectivity index (χ4v) is 3.98. The summed E-state index contributed by atoms with van der Waals surface area (Å²) in [6, 6.07) is 0. The third-order valence-corrected chi connectivity index (χ3v) is 5.42. The standard InChI is InChI=1S/C17H24N4O2S/c1-3-5-14-19-15(23-20-14)7-8-16(22)21-9-4-6-13(10-21)17-18-12(2)11-24-17/h11,13H,3-10H2,1-2H3. The van der Waals surface area contributed by atoms with Crippen LogP contribution in [0.4, 0.5) is 0 Å². The van der Waals surface area contributed by atoms with Crippen molar-refractivity contribution in [3.8, 4) is 0 Å². The van der Waals surface area contributed by atoms with Crippen molar-refractivity contribution in [2.24, 2.45) is 0 Å². The highest BCUT2D eigenvalue weighted by Gasteiger charge is 2.26. The van der Waals surface area contributed by atoms with Crippen LogP contribution in [0.25, 0.3) is 0 Å². The van der Waals surface area contributed by atoms with E-state index in [0.29, 0.717) is 24.7 Å². The first kappa shape index (κ1) is 17.1. The van der Waals surface area contributed by atoms with Crippen LogP contribution in [0.3, 0.4) is 0 Å². The van der Waals surface area contributed by atoms with Gasteiger partial charge in [-0.05, 0) is 26.2 Å². The van der Waals surface area contributed by atoms with Crippen molar-refractivity contribution in [2.75, 3.05) is 13.1 Å². The molecule has 2 aromatic rings. The predicted molar refractivity (Wildman–Crippen MR) is 92.0 cm³/mol. The van der Waals surface area contributed by atoms with Crippen LogP contribution in [0, 0.1) is 6.92 Å². The van der Waals surface area contributed by atoms with Crippen molar-refractivity contribution in [2.45, 2.75) is 58.3 Å². The summed E-state index contributed by atoms with van der Waals surface area (Å²) in [6.07, 6.45) is 4.91. The van der Waals surface area contributed by atoms with Gasteiger partial charge in [-0.2, -0.15) is 4.98 Å². The number of carbonyl (C=O) groups is 1. The summed E-state index contributed by atoms with van der Waals surface area (Å²) in [5.74, 6) is 1.84. The van der Waals surface area contributed by atoms with Crippen molar-refractivity contribution < 1.29 is 9.32 Å². The molecular weight excluding hydrogens is 324 g/mol. The van der Waals surface area contributed by atoms with E-state index in [1.54, 1.807) is 11.3 Å². The van der Waals surface area contributed by atoms with Gasteiger partial charge in [0.05, 0.1) is 5.01 Å². The first-order valence-electron chi connectivity index (χ1n) is 8.67. The Kier molecular flexibility index (Phi) is 5.60. The van der Waals surface area contributed by atoms with Gasteiger partial charge in [-0.1, -0.05) is 12.1 Å². The SMILES string of the molecule is CCCc1noc(CCC(=O)N2CCCC(c3nc(C)cs3)C2)n1. The van der Waals surface area contributed by atoms with E-state index in [2.05, 4.69) is 27.4 Å². The fourth-order valence-electron chi connectivity index (χ4n) is 3.05. The number of likely N-dealkylation sites (tertiary alicyclic amines) is 1. The Labute approximate surface area is 146 Å². The smallest absolute Gasteiger partial charge is 0.227 e. The van der Waals surface area contributed by atoms with Gasteiger partial charge in [0.25, 0.3) is 0 Å². The lowest BCUT2D eigenvalue weighted by atomic mass is 9.98. The van der Waals surface area contributed by atoms with Gasteiger partial charge in [-0.15, -0.1) is 11.3 Å². The Balaban J connectivity index is 1.52. The van der Waals surface area contributed by atoms with Crippen LogP contribution in [0.2, 0.25) is 0 Å². The van der Waals surface area contributed by atoms with Gasteiger partial charge < -0.3 is 9.42 Å². The average Bonchev–Trinajstić information content (AvgIpc) is 3.22. The maximum absolute atomic E-state index is 12.5. The van der Waals surface area contributed by atoms with E-state index in [0.717, 1.165) is 55.3 Å². The fraction of sp³-hybridized carbons (Fsp3) is 0.647. The summed E-state index contributed by atoms with van der Waals surface area (Å²) in [4.78, 5) is 23.4. The largest absolute Gasteiger partial charge is 0.342 e. The number of hydrogen-bond donors (Lipinski definition) is 0. The number of piperidine rings is 1. The predicted octanol–water partition coefficient (Wildman–Crippen LogP) is 3.13. The van der Waals surface area contributed by atoms with Gasteiger partial charge in [0.1, 0.15) is 0 Å². The lowest BCUT2D eigenvalue weighted by molar-refractivity contribution is -0.132. The molecule has 130 valence electrons. The summed E-state index contributed by atoms with van der Waals surface area (Å²) >= 11 is 1.71. The van der Waals surface area contributed by atoms with Crippen LogP contribution in [0.5, 0.6) is 0 Å². The van der Waals surface area contributed by atoms with Gasteiger partial charge in [0.15, 0.2) is 5.82 Å². The number of thiazole rings is 1. The molecule has 1 fully saturated rings. The normalized spacial score (nSPS) is 18.1. The first-order chi connectivity index (χ1) is 11.7. The van der Waals surface area contributed by atoms with E-state index < -0.39 is 0 Å². The zero-order chi connectivity index (χ0) is 16.9. The Bertz CT molecular complexity index is 682. The quantitative estimate of drug-likeness (QED) is 0.802. The molecule has 7 heteroatoms. The molecule has 0 saturated carbocycles. The molecule has 0 radical (unpaired) electrons. The second-order valence-corrected chi connectivity index (χ2v) is 7.25. The third-order valence-electron chi connectivity index (χ3n) is 4.30. The highest BCUT2D eigenvalue weighted by molar-refractivity contribution is 7.09. The van der Waals surface area contributed by atoms with Gasteiger partial charge in [0.2, 0.25) is 11.8 Å². The molecule has 0 spiro atoms. The Hall–Kier alpha value is -1.76. The number of amides is 1. The van der Waals surface area contributed by atoms with Crippen molar-refractivity contribution in [1.29, 1.82) is 0 Å². The first-order valence-corrected chi connectivity index (χ1v) is 9.55. The molecule has 2 aromatic heterocycles. The van der Waals surface area contributed by atoms with E-state index in [1.165, 1.54) is 0 Å². The average molecular weight is 348 g/mol. The molecule has 1 unspecified atom stereocenters. The van der Waals surface area contributed by atoms with Crippen molar-refractivity contribution >= 4 is 17.2 Å². The minimum absolute atomic E-state index is 0.170. The number of nitrogens with zero attached hydrogens (tertiary/aromatic N) is 4. The third kappa shape index (κ3) is 4.20. The zero-order valence-electron chi connectivity index (χ0n) is 14.3. The summed E-state index contributed by atoms with van der Waals surface area (Å²) < 4.78 is 5.21. The van der Waals surface area contributed by atoms with Crippen LogP contribution in [0.1, 0.15) is 60.9 Å². The van der Waals surface area contributed by atoms with E-state index in [4.69, 9.17) is 4.52 Å². The van der Waals surface area contributed by atoms with E-state index in [1.807, 2.05) is 11.8 Å². The molecular formula is C17H24N4O2S. The molecule has 0 aromatic carbocycles. The Morgan fingerprint density at radius 1 is 1.42 bits per heavy atom. The van der Waals surface area contributed by atoms with E-state index in [-0.39, 0.29) is 5.91 Å². The number of carbonyl (C=O) groups excluding carboxylic acids is 1. The van der Waals surface area contributed by atoms with Gasteiger partial charge in [0, 0.05) is 49.3 Å². The second-order valence-electron chi connectivity index (χ2n) is 6.36. The lowest BCUT2D eigenvalue weighted by Gasteiger charge is -2.31. The summed E-state index contributed by atoms with van der Waals surface area (Å²) in [7, 11) is 0. The summed E-state index contributed by atoms with van der Waals surface area (Å²) in [5, 5.41) is 7.17. The molecule has 1 aliphatic rings. The van der Waals surface area contributed by atoms with Crippen LogP contribution < -0.4 is 0 Å². The summed E-state index contributed by atoms with van der Waals surface area (Å²) in [6.45, 7) is 5.71. The molecule has 1 atom stereocenters. The molecule has 0 bridgehead atoms. The topological polar surface area (TPSA) is 72.1 Å². The second kappa shape index (κ2) is 7.88. The number of aryl methyl sites for hydroxylation is 3. The number of hydrogen-bond acceptors (Lipinski definition) is 6. The molecule has 0 aliphatic carbocycles. The minimum Gasteiger partial charge on any atom is -0.342 e. The maximum atomic E-state index is 12.5. The van der Waals surface area contributed by atoms with Crippen LogP contribution in [-0.4, -0.2) is 39.0 Å². The van der Waals surface area contributed by atoms with Gasteiger partial charge in [-0.3, -0.25) is 4.79 Å². The van der Waals surface area contributed by atoms with Crippen molar-refractivity contribution in [3.05, 3.63) is 27.8 Å². The van der Waals surface area contributed by atoms with Gasteiger partial charge >= 0.3 is 0 Å². The van der Waals surface area contributed by atoms with Gasteiger partial charge in [-0.25, -0.2) is 4.98 Å². The summed E-state index contributed by atoms with van der Waals surface area (Å²) in [5.41, 5.74) is 1.07. The molecule has 3 heterocycles. The monoisotopic (exact) mass is 348 g/mol. The molecule has 1 amide bonds. The molecule has 6 nitrogen and oxygen atoms in total. The van der Waals surface area contributed by atoms with Crippen molar-refractivity contribution in [3.63, 3.8) is 0 Å². The molecule has 24 heavy (non-hydrogen) atoms. The van der Waals surface area contributed by atoms with Crippen molar-refractivity contribution in [1.82, 2.24) is 20.0 Å². The zero-order valence-corrected chi connectivity index (χ0v) is 15.1. The molecule has 0 N–H and O–H groups in total. The Morgan fingerprint density at radius 3 is 3.04 bits per heavy atom. The molecule has 1 aliphatic heterocycles. The molecule has 3 rings (SSSR count). The minimum atomic E-state index is 0.170.